The van der Waals surface area contributed by atoms with E-state index < -0.39 is 11.7 Å². The summed E-state index contributed by atoms with van der Waals surface area (Å²) >= 11 is 0. The molecule has 1 aliphatic heterocycles. The minimum Gasteiger partial charge on any atom is -0.396 e. The number of nitrogens with two attached hydrogens (primary N) is 1. The van der Waals surface area contributed by atoms with E-state index in [1.54, 1.807) is 6.20 Å². The van der Waals surface area contributed by atoms with Gasteiger partial charge in [-0.05, 0) is 30.7 Å². The molecule has 0 aromatic carbocycles. The van der Waals surface area contributed by atoms with Crippen LogP contribution in [-0.2, 0) is 12.7 Å². The molecule has 0 unspecified atom stereocenters. The molecule has 5 rings (SSSR count). The van der Waals surface area contributed by atoms with Crippen LogP contribution in [0.2, 0.25) is 0 Å². The molecule has 1 aliphatic rings. The predicted molar refractivity (Wildman–Crippen MR) is 137 cm³/mol. The molecule has 5 heterocycles. The number of aromatic nitrogens is 5. The largest absolute Gasteiger partial charge is 0.417 e. The quantitative estimate of drug-likeness (QED) is 0.339. The first-order valence-electron chi connectivity index (χ1n) is 12.1. The summed E-state index contributed by atoms with van der Waals surface area (Å²) in [5.74, 6) is 1.26. The average molecular weight is 512 g/mol. The van der Waals surface area contributed by atoms with Crippen molar-refractivity contribution in [3.05, 3.63) is 54.1 Å². The van der Waals surface area contributed by atoms with Crippen molar-refractivity contribution in [3.8, 4) is 11.3 Å². The van der Waals surface area contributed by atoms with E-state index in [0.717, 1.165) is 62.8 Å². The number of nitrogens with zero attached hydrogens (tertiary/aromatic N) is 6. The molecule has 1 saturated heterocycles. The van der Waals surface area contributed by atoms with Crippen LogP contribution in [0, 0.1) is 0 Å². The van der Waals surface area contributed by atoms with Crippen molar-refractivity contribution in [3.63, 3.8) is 0 Å². The van der Waals surface area contributed by atoms with Gasteiger partial charge in [0.1, 0.15) is 17.2 Å². The highest BCUT2D eigenvalue weighted by atomic mass is 19.4. The van der Waals surface area contributed by atoms with E-state index in [1.165, 1.54) is 6.20 Å². The molecule has 0 spiro atoms. The monoisotopic (exact) mass is 511 g/mol. The number of nitrogen functional groups attached to an aromatic ring is 1. The van der Waals surface area contributed by atoms with Gasteiger partial charge >= 0.3 is 6.18 Å². The zero-order valence-electron chi connectivity index (χ0n) is 20.4. The fourth-order valence-corrected chi connectivity index (χ4v) is 4.45. The third kappa shape index (κ3) is 5.43. The average Bonchev–Trinajstić information content (AvgIpc) is 3.32. The van der Waals surface area contributed by atoms with Gasteiger partial charge in [0.25, 0.3) is 0 Å². The number of halogens is 3. The summed E-state index contributed by atoms with van der Waals surface area (Å²) in [5, 5.41) is 3.43. The molecule has 4 aromatic rings. The normalized spacial score (nSPS) is 14.9. The van der Waals surface area contributed by atoms with Crippen molar-refractivity contribution < 1.29 is 13.2 Å². The van der Waals surface area contributed by atoms with Crippen molar-refractivity contribution in [2.75, 3.05) is 48.7 Å². The minimum atomic E-state index is -4.51. The number of H-pyrrole nitrogens is 1. The number of pyridine rings is 2. The van der Waals surface area contributed by atoms with Crippen LogP contribution in [0.15, 0.2) is 43.0 Å². The zero-order chi connectivity index (χ0) is 26.0. The van der Waals surface area contributed by atoms with Crippen LogP contribution in [0.4, 0.5) is 30.6 Å². The van der Waals surface area contributed by atoms with Crippen molar-refractivity contribution in [1.82, 2.24) is 29.8 Å². The number of aromatic amines is 1. The fourth-order valence-electron chi connectivity index (χ4n) is 4.45. The lowest BCUT2D eigenvalue weighted by molar-refractivity contribution is -0.137. The Hall–Kier alpha value is -3.93. The molecular weight excluding hydrogens is 483 g/mol. The number of piperazine rings is 1. The second-order valence-electron chi connectivity index (χ2n) is 9.02. The molecule has 12 heteroatoms. The van der Waals surface area contributed by atoms with E-state index in [9.17, 15) is 13.2 Å². The SMILES string of the molecule is CCCN1CCN(c2ccc(CNc3ncc(N)c(-c4c[nH]c5ncc(C(F)(F)F)cc45)n3)cn2)CC1. The van der Waals surface area contributed by atoms with Crippen LogP contribution in [0.1, 0.15) is 24.5 Å². The van der Waals surface area contributed by atoms with Gasteiger partial charge in [-0.3, -0.25) is 4.90 Å². The molecule has 194 valence electrons. The highest BCUT2D eigenvalue weighted by Gasteiger charge is 2.31. The molecule has 9 nitrogen and oxygen atoms in total. The Bertz CT molecular complexity index is 1360. The molecular formula is C25H28F3N9. The molecule has 0 atom stereocenters. The van der Waals surface area contributed by atoms with Gasteiger partial charge in [0.05, 0.1) is 17.4 Å². The van der Waals surface area contributed by atoms with Crippen molar-refractivity contribution in [2.24, 2.45) is 0 Å². The third-order valence-corrected chi connectivity index (χ3v) is 6.43. The summed E-state index contributed by atoms with van der Waals surface area (Å²) in [6.07, 6.45) is 2.26. The predicted octanol–water partition coefficient (Wildman–Crippen LogP) is 4.16. The number of hydrogen-bond donors (Lipinski definition) is 3. The topological polar surface area (TPSA) is 112 Å². The zero-order valence-corrected chi connectivity index (χ0v) is 20.4. The van der Waals surface area contributed by atoms with Crippen LogP contribution in [0.25, 0.3) is 22.3 Å². The third-order valence-electron chi connectivity index (χ3n) is 6.43. The Morgan fingerprint density at radius 2 is 1.86 bits per heavy atom. The van der Waals surface area contributed by atoms with E-state index in [4.69, 9.17) is 5.73 Å². The molecule has 4 aromatic heterocycles. The number of rotatable bonds is 7. The number of hydrogen-bond acceptors (Lipinski definition) is 8. The van der Waals surface area contributed by atoms with Crippen molar-refractivity contribution >= 4 is 28.5 Å². The lowest BCUT2D eigenvalue weighted by Crippen LogP contribution is -2.46. The Morgan fingerprint density at radius 3 is 2.57 bits per heavy atom. The van der Waals surface area contributed by atoms with Crippen LogP contribution >= 0.6 is 0 Å². The van der Waals surface area contributed by atoms with Gasteiger partial charge in [-0.1, -0.05) is 13.0 Å². The van der Waals surface area contributed by atoms with Gasteiger partial charge in [0.2, 0.25) is 5.95 Å². The second-order valence-corrected chi connectivity index (χ2v) is 9.02. The van der Waals surface area contributed by atoms with Crippen molar-refractivity contribution in [1.29, 1.82) is 0 Å². The summed E-state index contributed by atoms with van der Waals surface area (Å²) in [4.78, 5) is 24.9. The first-order chi connectivity index (χ1) is 17.8. The highest BCUT2D eigenvalue weighted by molar-refractivity contribution is 5.95. The molecule has 37 heavy (non-hydrogen) atoms. The number of nitrogens with one attached hydrogen (secondary N) is 2. The van der Waals surface area contributed by atoms with Gasteiger partial charge in [0, 0.05) is 62.3 Å². The number of anilines is 3. The van der Waals surface area contributed by atoms with E-state index in [0.29, 0.717) is 29.4 Å². The first-order valence-corrected chi connectivity index (χ1v) is 12.1. The van der Waals surface area contributed by atoms with Gasteiger partial charge in [-0.15, -0.1) is 0 Å². The van der Waals surface area contributed by atoms with Crippen LogP contribution < -0.4 is 16.0 Å². The molecule has 0 amide bonds. The minimum absolute atomic E-state index is 0.244. The summed E-state index contributed by atoms with van der Waals surface area (Å²) in [6.45, 7) is 7.76. The summed E-state index contributed by atoms with van der Waals surface area (Å²) in [7, 11) is 0. The maximum Gasteiger partial charge on any atom is 0.417 e. The van der Waals surface area contributed by atoms with Crippen LogP contribution in [0.3, 0.4) is 0 Å². The summed E-state index contributed by atoms with van der Waals surface area (Å²) in [6, 6.07) is 5.06. The molecule has 1 fully saturated rings. The van der Waals surface area contributed by atoms with E-state index in [-0.39, 0.29) is 11.1 Å². The highest BCUT2D eigenvalue weighted by Crippen LogP contribution is 2.35. The molecule has 0 bridgehead atoms. The van der Waals surface area contributed by atoms with Crippen molar-refractivity contribution in [2.45, 2.75) is 26.1 Å². The Kier molecular flexibility index (Phi) is 6.83. The summed E-state index contributed by atoms with van der Waals surface area (Å²) in [5.41, 5.74) is 7.49. The van der Waals surface area contributed by atoms with Crippen LogP contribution in [0.5, 0.6) is 0 Å². The fraction of sp³-hybridized carbons (Fsp3) is 0.360. The lowest BCUT2D eigenvalue weighted by atomic mass is 10.1. The van der Waals surface area contributed by atoms with Gasteiger partial charge in [-0.25, -0.2) is 19.9 Å². The number of fused-ring (bicyclic) bond motifs is 1. The van der Waals surface area contributed by atoms with E-state index in [1.807, 2.05) is 18.3 Å². The number of alkyl halides is 3. The molecule has 0 radical (unpaired) electrons. The molecule has 4 N–H and O–H groups in total. The lowest BCUT2D eigenvalue weighted by Gasteiger charge is -2.35. The Morgan fingerprint density at radius 1 is 1.05 bits per heavy atom. The maximum atomic E-state index is 13.2. The maximum absolute atomic E-state index is 13.2. The van der Waals surface area contributed by atoms with E-state index in [2.05, 4.69) is 47.0 Å². The molecule has 0 aliphatic carbocycles. The van der Waals surface area contributed by atoms with Gasteiger partial charge in [0.15, 0.2) is 0 Å². The molecule has 0 saturated carbocycles. The Balaban J connectivity index is 1.28. The standard InChI is InChI=1S/C25H28F3N9/c1-2-5-36-6-8-37(9-7-36)21-4-3-16(11-30-21)12-33-24-34-15-20(29)22(35-24)19-14-32-23-18(19)10-17(13-31-23)25(26,27)28/h3-4,10-11,13-15H,2,5-9,12,29H2,1H3,(H,31,32)(H,33,34,35). The smallest absolute Gasteiger partial charge is 0.396 e. The summed E-state index contributed by atoms with van der Waals surface area (Å²) < 4.78 is 39.6. The van der Waals surface area contributed by atoms with Gasteiger partial charge in [-0.2, -0.15) is 13.2 Å². The van der Waals surface area contributed by atoms with Gasteiger partial charge < -0.3 is 20.9 Å². The van der Waals surface area contributed by atoms with E-state index >= 15 is 0 Å². The van der Waals surface area contributed by atoms with Crippen LogP contribution in [-0.4, -0.2) is 62.5 Å². The Labute approximate surface area is 211 Å². The second kappa shape index (κ2) is 10.2. The first kappa shape index (κ1) is 24.8.